The van der Waals surface area contributed by atoms with Crippen LogP contribution in [0.1, 0.15) is 22.8 Å². The number of anilines is 2. The van der Waals surface area contributed by atoms with E-state index in [9.17, 15) is 9.18 Å². The SMILES string of the molecule is CCN1CCN(c2ccc(NC(=O)c3ccc(F)cc3Br)cc2C)CC1. The molecule has 6 heteroatoms. The first kappa shape index (κ1) is 18.9. The zero-order chi connectivity index (χ0) is 18.7. The quantitative estimate of drug-likeness (QED) is 0.802. The Morgan fingerprint density at radius 1 is 1.15 bits per heavy atom. The van der Waals surface area contributed by atoms with E-state index < -0.39 is 0 Å². The highest BCUT2D eigenvalue weighted by molar-refractivity contribution is 9.10. The van der Waals surface area contributed by atoms with Crippen molar-refractivity contribution in [3.05, 3.63) is 57.8 Å². The summed E-state index contributed by atoms with van der Waals surface area (Å²) in [5.74, 6) is -0.641. The Labute approximate surface area is 162 Å². The number of piperazine rings is 1. The van der Waals surface area contributed by atoms with E-state index in [1.807, 2.05) is 12.1 Å². The summed E-state index contributed by atoms with van der Waals surface area (Å²) < 4.78 is 13.6. The lowest BCUT2D eigenvalue weighted by atomic mass is 10.1. The average molecular weight is 420 g/mol. The fourth-order valence-corrected chi connectivity index (χ4v) is 3.80. The number of nitrogens with zero attached hydrogens (tertiary/aromatic N) is 2. The van der Waals surface area contributed by atoms with Gasteiger partial charge in [0.1, 0.15) is 5.82 Å². The maximum Gasteiger partial charge on any atom is 0.256 e. The highest BCUT2D eigenvalue weighted by atomic mass is 79.9. The minimum absolute atomic E-state index is 0.263. The van der Waals surface area contributed by atoms with Crippen LogP contribution < -0.4 is 10.2 Å². The van der Waals surface area contributed by atoms with Crippen LogP contribution in [0.15, 0.2) is 40.9 Å². The zero-order valence-electron chi connectivity index (χ0n) is 15.1. The Kier molecular flexibility index (Phi) is 5.94. The van der Waals surface area contributed by atoms with Crippen LogP contribution in [0, 0.1) is 12.7 Å². The lowest BCUT2D eigenvalue weighted by molar-refractivity contribution is 0.102. The molecule has 26 heavy (non-hydrogen) atoms. The molecule has 1 saturated heterocycles. The van der Waals surface area contributed by atoms with Gasteiger partial charge >= 0.3 is 0 Å². The third kappa shape index (κ3) is 4.24. The summed E-state index contributed by atoms with van der Waals surface area (Å²) in [6.07, 6.45) is 0. The van der Waals surface area contributed by atoms with Gasteiger partial charge in [-0.25, -0.2) is 4.39 Å². The number of rotatable bonds is 4. The van der Waals surface area contributed by atoms with Crippen LogP contribution in [-0.4, -0.2) is 43.5 Å². The van der Waals surface area contributed by atoms with Gasteiger partial charge < -0.3 is 15.1 Å². The number of hydrogen-bond donors (Lipinski definition) is 1. The first-order chi connectivity index (χ1) is 12.5. The summed E-state index contributed by atoms with van der Waals surface area (Å²) in [5.41, 5.74) is 3.48. The van der Waals surface area contributed by atoms with E-state index in [0.29, 0.717) is 10.0 Å². The van der Waals surface area contributed by atoms with Gasteiger partial charge in [-0.1, -0.05) is 6.92 Å². The van der Waals surface area contributed by atoms with Gasteiger partial charge in [-0.2, -0.15) is 0 Å². The van der Waals surface area contributed by atoms with Gasteiger partial charge in [-0.05, 0) is 71.4 Å². The summed E-state index contributed by atoms with van der Waals surface area (Å²) in [7, 11) is 0. The van der Waals surface area contributed by atoms with Crippen molar-refractivity contribution in [3.8, 4) is 0 Å². The van der Waals surface area contributed by atoms with E-state index in [1.54, 1.807) is 0 Å². The normalized spacial score (nSPS) is 15.2. The van der Waals surface area contributed by atoms with Crippen LogP contribution in [0.4, 0.5) is 15.8 Å². The fraction of sp³-hybridized carbons (Fsp3) is 0.350. The number of hydrogen-bond acceptors (Lipinski definition) is 3. The molecular weight excluding hydrogens is 397 g/mol. The van der Waals surface area contributed by atoms with Crippen molar-refractivity contribution in [2.45, 2.75) is 13.8 Å². The minimum atomic E-state index is -0.378. The van der Waals surface area contributed by atoms with Gasteiger partial charge in [0.2, 0.25) is 0 Å². The second kappa shape index (κ2) is 8.18. The summed E-state index contributed by atoms with van der Waals surface area (Å²) in [6, 6.07) is 10.0. The highest BCUT2D eigenvalue weighted by Crippen LogP contribution is 2.26. The molecule has 1 aliphatic heterocycles. The number of likely N-dealkylation sites (N-methyl/N-ethyl adjacent to an activating group) is 1. The van der Waals surface area contributed by atoms with Crippen molar-refractivity contribution in [1.29, 1.82) is 0 Å². The Hall–Kier alpha value is -1.92. The predicted octanol–water partition coefficient (Wildman–Crippen LogP) is 4.29. The number of halogens is 2. The number of nitrogens with one attached hydrogen (secondary N) is 1. The maximum atomic E-state index is 13.2. The second-order valence-electron chi connectivity index (χ2n) is 6.50. The van der Waals surface area contributed by atoms with Crippen LogP contribution in [0.5, 0.6) is 0 Å². The van der Waals surface area contributed by atoms with Gasteiger partial charge in [-0.15, -0.1) is 0 Å². The molecule has 1 N–H and O–H groups in total. The van der Waals surface area contributed by atoms with Crippen LogP contribution in [-0.2, 0) is 0 Å². The van der Waals surface area contributed by atoms with Crippen molar-refractivity contribution >= 4 is 33.2 Å². The van der Waals surface area contributed by atoms with E-state index in [2.05, 4.69) is 51.0 Å². The Bertz CT molecular complexity index is 804. The molecule has 0 aliphatic carbocycles. The Morgan fingerprint density at radius 2 is 1.88 bits per heavy atom. The van der Waals surface area contributed by atoms with Crippen LogP contribution in [0.2, 0.25) is 0 Å². The molecule has 0 unspecified atom stereocenters. The number of amides is 1. The molecule has 2 aromatic carbocycles. The zero-order valence-corrected chi connectivity index (χ0v) is 16.6. The van der Waals surface area contributed by atoms with E-state index in [0.717, 1.165) is 44.0 Å². The molecule has 0 spiro atoms. The monoisotopic (exact) mass is 419 g/mol. The van der Waals surface area contributed by atoms with E-state index >= 15 is 0 Å². The predicted molar refractivity (Wildman–Crippen MR) is 108 cm³/mol. The molecular formula is C20H23BrFN3O. The summed E-state index contributed by atoms with van der Waals surface area (Å²) in [6.45, 7) is 9.53. The number of benzene rings is 2. The molecule has 0 radical (unpaired) electrons. The Morgan fingerprint density at radius 3 is 2.50 bits per heavy atom. The summed E-state index contributed by atoms with van der Waals surface area (Å²) >= 11 is 3.24. The fourth-order valence-electron chi connectivity index (χ4n) is 3.27. The molecule has 0 atom stereocenters. The summed E-state index contributed by atoms with van der Waals surface area (Å²) in [5, 5.41) is 2.89. The van der Waals surface area contributed by atoms with Crippen molar-refractivity contribution in [1.82, 2.24) is 4.90 Å². The van der Waals surface area contributed by atoms with Crippen LogP contribution >= 0.6 is 15.9 Å². The highest BCUT2D eigenvalue weighted by Gasteiger charge is 2.18. The lowest BCUT2D eigenvalue weighted by Gasteiger charge is -2.36. The van der Waals surface area contributed by atoms with Gasteiger partial charge in [0.05, 0.1) is 5.56 Å². The van der Waals surface area contributed by atoms with E-state index in [4.69, 9.17) is 0 Å². The maximum absolute atomic E-state index is 13.2. The number of carbonyl (C=O) groups excluding carboxylic acids is 1. The Balaban J connectivity index is 1.70. The van der Waals surface area contributed by atoms with Crippen molar-refractivity contribution in [3.63, 3.8) is 0 Å². The molecule has 0 aromatic heterocycles. The third-order valence-corrected chi connectivity index (χ3v) is 5.45. The van der Waals surface area contributed by atoms with E-state index in [-0.39, 0.29) is 11.7 Å². The standard InChI is InChI=1S/C20H23BrFN3O/c1-3-24-8-10-25(11-9-24)19-7-5-16(12-14(19)2)23-20(26)17-6-4-15(22)13-18(17)21/h4-7,12-13H,3,8-11H2,1-2H3,(H,23,26). The second-order valence-corrected chi connectivity index (χ2v) is 7.36. The van der Waals surface area contributed by atoms with E-state index in [1.165, 1.54) is 23.9 Å². The first-order valence-corrected chi connectivity index (χ1v) is 9.61. The molecule has 0 saturated carbocycles. The third-order valence-electron chi connectivity index (χ3n) is 4.79. The van der Waals surface area contributed by atoms with Gasteiger partial charge in [-0.3, -0.25) is 4.79 Å². The van der Waals surface area contributed by atoms with Crippen molar-refractivity contribution in [2.24, 2.45) is 0 Å². The molecule has 4 nitrogen and oxygen atoms in total. The number of aryl methyl sites for hydroxylation is 1. The van der Waals surface area contributed by atoms with Crippen LogP contribution in [0.25, 0.3) is 0 Å². The molecule has 1 fully saturated rings. The van der Waals surface area contributed by atoms with Crippen molar-refractivity contribution < 1.29 is 9.18 Å². The smallest absolute Gasteiger partial charge is 0.256 e. The minimum Gasteiger partial charge on any atom is -0.369 e. The van der Waals surface area contributed by atoms with Crippen LogP contribution in [0.3, 0.4) is 0 Å². The largest absolute Gasteiger partial charge is 0.369 e. The molecule has 1 heterocycles. The van der Waals surface area contributed by atoms with Gasteiger partial charge in [0, 0.05) is 42.0 Å². The molecule has 138 valence electrons. The summed E-state index contributed by atoms with van der Waals surface area (Å²) in [4.78, 5) is 17.3. The average Bonchev–Trinajstić information content (AvgIpc) is 2.62. The molecule has 1 aliphatic rings. The topological polar surface area (TPSA) is 35.6 Å². The molecule has 0 bridgehead atoms. The number of carbonyl (C=O) groups is 1. The molecule has 2 aromatic rings. The van der Waals surface area contributed by atoms with Crippen molar-refractivity contribution in [2.75, 3.05) is 42.9 Å². The molecule has 1 amide bonds. The first-order valence-electron chi connectivity index (χ1n) is 8.82. The lowest BCUT2D eigenvalue weighted by Crippen LogP contribution is -2.46. The van der Waals surface area contributed by atoms with Gasteiger partial charge in [0.25, 0.3) is 5.91 Å². The molecule has 3 rings (SSSR count). The van der Waals surface area contributed by atoms with Gasteiger partial charge in [0.15, 0.2) is 0 Å².